The van der Waals surface area contributed by atoms with Crippen LogP contribution < -0.4 is 4.90 Å². The van der Waals surface area contributed by atoms with Crippen molar-refractivity contribution >= 4 is 49.4 Å². The number of rotatable bonds is 3. The molecule has 0 atom stereocenters. The summed E-state index contributed by atoms with van der Waals surface area (Å²) in [6.07, 6.45) is 0. The van der Waals surface area contributed by atoms with Gasteiger partial charge in [-0.25, -0.2) is 0 Å². The van der Waals surface area contributed by atoms with E-state index in [1.54, 1.807) is 0 Å². The molecule has 0 saturated carbocycles. The van der Waals surface area contributed by atoms with E-state index in [0.717, 1.165) is 11.4 Å². The van der Waals surface area contributed by atoms with Crippen LogP contribution >= 0.6 is 0 Å². The number of benzene rings is 9. The molecule has 9 aromatic rings. The Balaban J connectivity index is 1.35. The lowest BCUT2D eigenvalue weighted by molar-refractivity contribution is 0.802. The van der Waals surface area contributed by atoms with Gasteiger partial charge in [-0.1, -0.05) is 146 Å². The molecule has 2 aliphatic carbocycles. The summed E-state index contributed by atoms with van der Waals surface area (Å²) in [5.41, 5.74) is 14.0. The van der Waals surface area contributed by atoms with Crippen molar-refractivity contribution in [1.29, 1.82) is 0 Å². The van der Waals surface area contributed by atoms with Crippen molar-refractivity contribution in [2.75, 3.05) is 4.90 Å². The Morgan fingerprint density at radius 3 is 1.52 bits per heavy atom. The lowest BCUT2D eigenvalue weighted by atomic mass is 9.69. The number of hydrogen-bond acceptors (Lipinski definition) is 1. The maximum absolute atomic E-state index is 2.43. The highest BCUT2D eigenvalue weighted by Gasteiger charge is 2.53. The Morgan fingerprint density at radius 2 is 0.875 bits per heavy atom. The molecule has 0 heterocycles. The number of hydrogen-bond donors (Lipinski definition) is 0. The molecule has 0 aliphatic heterocycles. The zero-order valence-electron chi connectivity index (χ0n) is 26.2. The molecule has 48 heavy (non-hydrogen) atoms. The fraction of sp³-hybridized carbons (Fsp3) is 0.0213. The van der Waals surface area contributed by atoms with Crippen LogP contribution in [0.3, 0.4) is 0 Å². The van der Waals surface area contributed by atoms with E-state index >= 15 is 0 Å². The van der Waals surface area contributed by atoms with Gasteiger partial charge in [-0.15, -0.1) is 0 Å². The quantitative estimate of drug-likeness (QED) is 0.181. The number of anilines is 3. The monoisotopic (exact) mass is 607 g/mol. The van der Waals surface area contributed by atoms with Crippen LogP contribution in [0.25, 0.3) is 54.6 Å². The number of para-hydroxylation sites is 2. The van der Waals surface area contributed by atoms with Crippen molar-refractivity contribution in [2.24, 2.45) is 0 Å². The predicted molar refractivity (Wildman–Crippen MR) is 201 cm³/mol. The van der Waals surface area contributed by atoms with Gasteiger partial charge in [0.15, 0.2) is 0 Å². The SMILES string of the molecule is c1ccc(N(c2ccccc2)c2cc3cccc4c5c(c6cccc2c6c34)C2(c3ccccc3-c3ccccc32)c2ccccc2-5)cc1. The van der Waals surface area contributed by atoms with Gasteiger partial charge >= 0.3 is 0 Å². The van der Waals surface area contributed by atoms with Crippen LogP contribution in [-0.4, -0.2) is 0 Å². The second-order valence-electron chi connectivity index (χ2n) is 13.2. The Kier molecular flexibility index (Phi) is 5.10. The minimum absolute atomic E-state index is 0.415. The molecule has 11 rings (SSSR count). The van der Waals surface area contributed by atoms with E-state index in [0.29, 0.717) is 0 Å². The first-order chi connectivity index (χ1) is 23.9. The van der Waals surface area contributed by atoms with E-state index in [1.165, 1.54) is 82.5 Å². The standard InChI is InChI=1S/C47H29N/c1-3-16-31(17-4-1)48(32-18-5-2-6-19-32)42-29-30-15-13-24-37-43(30)44-36(42)23-14-25-38(44)46-45(37)35-22-9-12-28-41(35)47(46)39-26-10-7-20-33(39)34-21-8-11-27-40(34)47/h1-29H. The number of nitrogens with zero attached hydrogens (tertiary/aromatic N) is 1. The Labute approximate surface area is 279 Å². The van der Waals surface area contributed by atoms with Gasteiger partial charge < -0.3 is 4.90 Å². The second-order valence-corrected chi connectivity index (χ2v) is 13.2. The summed E-state index contributed by atoms with van der Waals surface area (Å²) in [5, 5.41) is 7.86. The normalized spacial score (nSPS) is 13.6. The predicted octanol–water partition coefficient (Wildman–Crippen LogP) is 12.4. The molecule has 1 nitrogen and oxygen atoms in total. The first-order valence-corrected chi connectivity index (χ1v) is 16.8. The largest absolute Gasteiger partial charge is 0.310 e. The van der Waals surface area contributed by atoms with Crippen LogP contribution in [0.15, 0.2) is 176 Å². The van der Waals surface area contributed by atoms with Crippen molar-refractivity contribution in [3.8, 4) is 22.3 Å². The zero-order chi connectivity index (χ0) is 31.4. The number of fused-ring (bicyclic) bond motifs is 12. The van der Waals surface area contributed by atoms with E-state index in [1.807, 2.05) is 0 Å². The fourth-order valence-corrected chi connectivity index (χ4v) is 9.31. The third-order valence-corrected chi connectivity index (χ3v) is 11.0. The molecule has 0 fully saturated rings. The van der Waals surface area contributed by atoms with Gasteiger partial charge in [0, 0.05) is 16.8 Å². The molecule has 1 heteroatoms. The van der Waals surface area contributed by atoms with Crippen molar-refractivity contribution in [2.45, 2.75) is 5.41 Å². The second kappa shape index (κ2) is 9.44. The Morgan fingerprint density at radius 1 is 0.375 bits per heavy atom. The summed E-state index contributed by atoms with van der Waals surface area (Å²) in [5.74, 6) is 0. The average Bonchev–Trinajstić information content (AvgIpc) is 3.63. The lowest BCUT2D eigenvalue weighted by Crippen LogP contribution is -2.26. The van der Waals surface area contributed by atoms with Crippen LogP contribution in [0.4, 0.5) is 17.1 Å². The highest BCUT2D eigenvalue weighted by Crippen LogP contribution is 2.66. The molecular weight excluding hydrogens is 579 g/mol. The topological polar surface area (TPSA) is 3.24 Å². The lowest BCUT2D eigenvalue weighted by Gasteiger charge is -2.33. The van der Waals surface area contributed by atoms with Crippen molar-refractivity contribution < 1.29 is 0 Å². The fourth-order valence-electron chi connectivity index (χ4n) is 9.31. The summed E-state index contributed by atoms with van der Waals surface area (Å²) in [6, 6.07) is 65.3. The summed E-state index contributed by atoms with van der Waals surface area (Å²) in [7, 11) is 0. The summed E-state index contributed by atoms with van der Waals surface area (Å²) in [6.45, 7) is 0. The molecule has 0 radical (unpaired) electrons. The molecule has 0 saturated heterocycles. The first-order valence-electron chi connectivity index (χ1n) is 16.8. The molecule has 0 amide bonds. The smallest absolute Gasteiger partial charge is 0.0731 e. The summed E-state index contributed by atoms with van der Waals surface area (Å²) in [4.78, 5) is 2.43. The van der Waals surface area contributed by atoms with Crippen LogP contribution in [0.1, 0.15) is 22.3 Å². The highest BCUT2D eigenvalue weighted by atomic mass is 15.1. The van der Waals surface area contributed by atoms with Gasteiger partial charge in [-0.05, 0) is 102 Å². The molecule has 0 bridgehead atoms. The van der Waals surface area contributed by atoms with Gasteiger partial charge in [-0.3, -0.25) is 0 Å². The maximum atomic E-state index is 2.43. The van der Waals surface area contributed by atoms with Gasteiger partial charge in [0.2, 0.25) is 0 Å². The molecule has 222 valence electrons. The van der Waals surface area contributed by atoms with E-state index in [9.17, 15) is 0 Å². The molecule has 1 spiro atoms. The molecule has 2 aliphatic rings. The van der Waals surface area contributed by atoms with Crippen molar-refractivity contribution in [3.05, 3.63) is 198 Å². The third-order valence-electron chi connectivity index (χ3n) is 11.0. The molecule has 9 aromatic carbocycles. The van der Waals surface area contributed by atoms with Gasteiger partial charge in [-0.2, -0.15) is 0 Å². The first kappa shape index (κ1) is 25.9. The van der Waals surface area contributed by atoms with Gasteiger partial charge in [0.1, 0.15) is 0 Å². The molecule has 0 N–H and O–H groups in total. The van der Waals surface area contributed by atoms with Gasteiger partial charge in [0.05, 0.1) is 11.1 Å². The van der Waals surface area contributed by atoms with Crippen LogP contribution in [0, 0.1) is 0 Å². The highest BCUT2D eigenvalue weighted by molar-refractivity contribution is 6.32. The van der Waals surface area contributed by atoms with Crippen molar-refractivity contribution in [1.82, 2.24) is 0 Å². The van der Waals surface area contributed by atoms with Gasteiger partial charge in [0.25, 0.3) is 0 Å². The van der Waals surface area contributed by atoms with Crippen molar-refractivity contribution in [3.63, 3.8) is 0 Å². The molecule has 0 aromatic heterocycles. The van der Waals surface area contributed by atoms with E-state index < -0.39 is 5.41 Å². The van der Waals surface area contributed by atoms with Crippen LogP contribution in [-0.2, 0) is 5.41 Å². The molecule has 0 unspecified atom stereocenters. The summed E-state index contributed by atoms with van der Waals surface area (Å²) < 4.78 is 0. The minimum atomic E-state index is -0.415. The van der Waals surface area contributed by atoms with Crippen LogP contribution in [0.2, 0.25) is 0 Å². The third kappa shape index (κ3) is 3.11. The minimum Gasteiger partial charge on any atom is -0.310 e. The van der Waals surface area contributed by atoms with E-state index in [-0.39, 0.29) is 0 Å². The molecular formula is C47H29N. The summed E-state index contributed by atoms with van der Waals surface area (Å²) >= 11 is 0. The van der Waals surface area contributed by atoms with E-state index in [4.69, 9.17) is 0 Å². The Hall–Kier alpha value is -6.18. The average molecular weight is 608 g/mol. The zero-order valence-corrected chi connectivity index (χ0v) is 26.2. The van der Waals surface area contributed by atoms with Crippen LogP contribution in [0.5, 0.6) is 0 Å². The maximum Gasteiger partial charge on any atom is 0.0731 e. The Bertz CT molecular complexity index is 2640. The van der Waals surface area contributed by atoms with E-state index in [2.05, 4.69) is 181 Å².